The van der Waals surface area contributed by atoms with Gasteiger partial charge in [-0.15, -0.1) is 0 Å². The minimum atomic E-state index is -1.23. The fourth-order valence-corrected chi connectivity index (χ4v) is 2.99. The fourth-order valence-electron chi connectivity index (χ4n) is 2.99. The lowest BCUT2D eigenvalue weighted by atomic mass is 9.70. The number of rotatable bonds is 4. The van der Waals surface area contributed by atoms with E-state index in [9.17, 15) is 24.3 Å². The molecule has 8 heteroatoms. The summed E-state index contributed by atoms with van der Waals surface area (Å²) in [7, 11) is 0. The summed E-state index contributed by atoms with van der Waals surface area (Å²) in [4.78, 5) is 50.6. The van der Waals surface area contributed by atoms with Crippen LogP contribution in [0, 0.1) is 5.41 Å². The van der Waals surface area contributed by atoms with E-state index in [0.29, 0.717) is 17.9 Å². The van der Waals surface area contributed by atoms with Gasteiger partial charge in [0.15, 0.2) is 0 Å². The third-order valence-electron chi connectivity index (χ3n) is 4.39. The highest BCUT2D eigenvalue weighted by Gasteiger charge is 2.47. The van der Waals surface area contributed by atoms with E-state index in [1.54, 1.807) is 0 Å². The Labute approximate surface area is 127 Å². The van der Waals surface area contributed by atoms with E-state index in [1.807, 2.05) is 0 Å². The maximum absolute atomic E-state index is 11.7. The van der Waals surface area contributed by atoms with Crippen LogP contribution in [0.25, 0.3) is 0 Å². The van der Waals surface area contributed by atoms with E-state index in [1.165, 1.54) is 6.92 Å². The number of imide groups is 1. The van der Waals surface area contributed by atoms with Gasteiger partial charge in [-0.05, 0) is 19.8 Å². The van der Waals surface area contributed by atoms with Crippen LogP contribution >= 0.6 is 0 Å². The predicted molar refractivity (Wildman–Crippen MR) is 71.3 cm³/mol. The van der Waals surface area contributed by atoms with Crippen molar-refractivity contribution in [1.29, 1.82) is 0 Å². The van der Waals surface area contributed by atoms with Crippen LogP contribution in [0.15, 0.2) is 0 Å². The van der Waals surface area contributed by atoms with Crippen molar-refractivity contribution in [3.63, 3.8) is 0 Å². The molecule has 1 heterocycles. The van der Waals surface area contributed by atoms with E-state index in [4.69, 9.17) is 4.74 Å². The second-order valence-corrected chi connectivity index (χ2v) is 5.71. The summed E-state index contributed by atoms with van der Waals surface area (Å²) < 4.78 is 5.03. The molecule has 1 saturated carbocycles. The van der Waals surface area contributed by atoms with Crippen molar-refractivity contribution < 1.29 is 33.9 Å². The van der Waals surface area contributed by atoms with Crippen LogP contribution in [0.3, 0.4) is 0 Å². The van der Waals surface area contributed by atoms with Crippen molar-refractivity contribution in [2.24, 2.45) is 5.41 Å². The fraction of sp³-hybridized carbons (Fsp3) is 0.714. The molecule has 1 saturated heterocycles. The lowest BCUT2D eigenvalue weighted by Crippen LogP contribution is -2.45. The Kier molecular flexibility index (Phi) is 4.68. The van der Waals surface area contributed by atoms with E-state index in [0.717, 1.165) is 19.3 Å². The number of nitrogens with zero attached hydrogens (tertiary/aromatic N) is 1. The Balaban J connectivity index is 1.99. The summed E-state index contributed by atoms with van der Waals surface area (Å²) in [5, 5.41) is 9.87. The van der Waals surface area contributed by atoms with E-state index < -0.39 is 35.5 Å². The quantitative estimate of drug-likeness (QED) is 0.620. The number of hydrogen-bond donors (Lipinski definition) is 1. The standard InChI is InChI=1S/C14H19NO7/c1-9(14(12(18)19)7-3-2-4-8-14)21-13(20)22-15-10(16)5-6-11(15)17/h9H,2-8H2,1H3,(H,18,19). The zero-order chi connectivity index (χ0) is 16.3. The first-order chi connectivity index (χ1) is 10.4. The van der Waals surface area contributed by atoms with E-state index in [-0.39, 0.29) is 12.8 Å². The zero-order valence-electron chi connectivity index (χ0n) is 12.4. The molecule has 1 atom stereocenters. The molecule has 22 heavy (non-hydrogen) atoms. The SMILES string of the molecule is CC(OC(=O)ON1C(=O)CCC1=O)C1(C(=O)O)CCCCC1. The maximum atomic E-state index is 11.7. The molecule has 1 unspecified atom stereocenters. The summed E-state index contributed by atoms with van der Waals surface area (Å²) in [6.07, 6.45) is 1.10. The highest BCUT2D eigenvalue weighted by atomic mass is 16.8. The van der Waals surface area contributed by atoms with Gasteiger partial charge in [-0.25, -0.2) is 4.79 Å². The first-order valence-corrected chi connectivity index (χ1v) is 7.34. The molecule has 1 N–H and O–H groups in total. The first kappa shape index (κ1) is 16.3. The molecule has 2 amide bonds. The number of hydrogen-bond acceptors (Lipinski definition) is 6. The second kappa shape index (κ2) is 6.33. The Hall–Kier alpha value is -2.12. The summed E-state index contributed by atoms with van der Waals surface area (Å²) in [5.74, 6) is -2.23. The third-order valence-corrected chi connectivity index (χ3v) is 4.39. The minimum absolute atomic E-state index is 0.0132. The molecule has 2 aliphatic rings. The number of carboxylic acids is 1. The zero-order valence-corrected chi connectivity index (χ0v) is 12.4. The van der Waals surface area contributed by atoms with E-state index in [2.05, 4.69) is 4.84 Å². The summed E-state index contributed by atoms with van der Waals surface area (Å²) in [5.41, 5.74) is -1.14. The Morgan fingerprint density at radius 2 is 1.68 bits per heavy atom. The molecular formula is C14H19NO7. The number of carboxylic acid groups (broad SMARTS) is 1. The second-order valence-electron chi connectivity index (χ2n) is 5.71. The molecule has 0 aromatic rings. The number of hydroxylamine groups is 2. The number of carbonyl (C=O) groups is 4. The number of ether oxygens (including phenoxy) is 1. The van der Waals surface area contributed by atoms with Gasteiger partial charge in [0.1, 0.15) is 11.5 Å². The largest absolute Gasteiger partial charge is 0.534 e. The normalized spacial score (nSPS) is 22.3. The summed E-state index contributed by atoms with van der Waals surface area (Å²) in [6, 6.07) is 0. The average Bonchev–Trinajstić information content (AvgIpc) is 2.79. The van der Waals surface area contributed by atoms with Gasteiger partial charge in [-0.1, -0.05) is 24.3 Å². The number of carbonyl (C=O) groups excluding carboxylic acids is 3. The van der Waals surface area contributed by atoms with Gasteiger partial charge in [0, 0.05) is 12.8 Å². The minimum Gasteiger partial charge on any atom is -0.481 e. The molecule has 0 aromatic carbocycles. The topological polar surface area (TPSA) is 110 Å². The van der Waals surface area contributed by atoms with Crippen LogP contribution in [-0.2, 0) is 24.0 Å². The summed E-state index contributed by atoms with van der Waals surface area (Å²) >= 11 is 0. The lowest BCUT2D eigenvalue weighted by Gasteiger charge is -2.37. The smallest absolute Gasteiger partial charge is 0.481 e. The Morgan fingerprint density at radius 3 is 2.18 bits per heavy atom. The van der Waals surface area contributed by atoms with Gasteiger partial charge in [0.05, 0.1) is 0 Å². The molecule has 1 aliphatic carbocycles. The van der Waals surface area contributed by atoms with Crippen molar-refractivity contribution in [2.75, 3.05) is 0 Å². The summed E-state index contributed by atoms with van der Waals surface area (Å²) in [6.45, 7) is 1.49. The maximum Gasteiger partial charge on any atom is 0.534 e. The molecule has 0 bridgehead atoms. The third kappa shape index (κ3) is 3.05. The molecule has 2 rings (SSSR count). The molecule has 8 nitrogen and oxygen atoms in total. The first-order valence-electron chi connectivity index (χ1n) is 7.34. The van der Waals surface area contributed by atoms with Gasteiger partial charge >= 0.3 is 12.1 Å². The van der Waals surface area contributed by atoms with Crippen LogP contribution in [0.2, 0.25) is 0 Å². The monoisotopic (exact) mass is 313 g/mol. The van der Waals surface area contributed by atoms with Crippen molar-refractivity contribution in [3.05, 3.63) is 0 Å². The van der Waals surface area contributed by atoms with Crippen LogP contribution in [-0.4, -0.2) is 40.2 Å². The van der Waals surface area contributed by atoms with Crippen LogP contribution in [0.5, 0.6) is 0 Å². The van der Waals surface area contributed by atoms with Gasteiger partial charge in [-0.2, -0.15) is 0 Å². The van der Waals surface area contributed by atoms with Gasteiger partial charge in [0.2, 0.25) is 0 Å². The average molecular weight is 313 g/mol. The van der Waals surface area contributed by atoms with Crippen molar-refractivity contribution in [3.8, 4) is 0 Å². The number of aliphatic carboxylic acids is 1. The van der Waals surface area contributed by atoms with Crippen LogP contribution < -0.4 is 0 Å². The highest BCUT2D eigenvalue weighted by Crippen LogP contribution is 2.41. The predicted octanol–water partition coefficient (Wildman–Crippen LogP) is 1.63. The van der Waals surface area contributed by atoms with E-state index >= 15 is 0 Å². The Morgan fingerprint density at radius 1 is 1.14 bits per heavy atom. The van der Waals surface area contributed by atoms with Crippen LogP contribution in [0.1, 0.15) is 51.9 Å². The van der Waals surface area contributed by atoms with Gasteiger partial charge < -0.3 is 9.84 Å². The van der Waals surface area contributed by atoms with Crippen LogP contribution in [0.4, 0.5) is 4.79 Å². The molecule has 122 valence electrons. The highest BCUT2D eigenvalue weighted by molar-refractivity contribution is 6.01. The van der Waals surface area contributed by atoms with Gasteiger partial charge in [-0.3, -0.25) is 19.2 Å². The molecule has 0 spiro atoms. The van der Waals surface area contributed by atoms with Gasteiger partial charge in [0.25, 0.3) is 11.8 Å². The van der Waals surface area contributed by atoms with Crippen molar-refractivity contribution in [1.82, 2.24) is 5.06 Å². The number of amides is 2. The molecular weight excluding hydrogens is 294 g/mol. The molecule has 1 aliphatic heterocycles. The molecule has 0 aromatic heterocycles. The molecule has 2 fully saturated rings. The van der Waals surface area contributed by atoms with Crippen molar-refractivity contribution >= 4 is 23.9 Å². The van der Waals surface area contributed by atoms with Crippen molar-refractivity contribution in [2.45, 2.75) is 58.0 Å². The molecule has 0 radical (unpaired) electrons. The Bertz CT molecular complexity index is 479. The lowest BCUT2D eigenvalue weighted by molar-refractivity contribution is -0.183.